The zero-order chi connectivity index (χ0) is 18.0. The van der Waals surface area contributed by atoms with Crippen LogP contribution in [0.3, 0.4) is 0 Å². The molecule has 0 aliphatic carbocycles. The Morgan fingerprint density at radius 1 is 1.20 bits per heavy atom. The number of rotatable bonds is 4. The van der Waals surface area contributed by atoms with Crippen molar-refractivity contribution in [1.82, 2.24) is 15.1 Å². The number of amides is 1. The molecule has 0 saturated carbocycles. The van der Waals surface area contributed by atoms with Gasteiger partial charge < -0.3 is 9.80 Å². The lowest BCUT2D eigenvalue weighted by molar-refractivity contribution is -0.131. The number of hydrogen-bond donors (Lipinski definition) is 0. The van der Waals surface area contributed by atoms with E-state index in [1.54, 1.807) is 0 Å². The highest BCUT2D eigenvalue weighted by molar-refractivity contribution is 5.80. The maximum Gasteiger partial charge on any atom is 0.227 e. The summed E-state index contributed by atoms with van der Waals surface area (Å²) in [5.74, 6) is 1.00. The van der Waals surface area contributed by atoms with Crippen LogP contribution in [0.15, 0.2) is 30.3 Å². The van der Waals surface area contributed by atoms with Crippen LogP contribution < -0.4 is 4.90 Å². The normalized spacial score (nSPS) is 17.0. The van der Waals surface area contributed by atoms with Gasteiger partial charge in [0.05, 0.1) is 18.2 Å². The molecule has 3 rings (SSSR count). The zero-order valence-electron chi connectivity index (χ0n) is 15.5. The average molecular weight is 338 g/mol. The second kappa shape index (κ2) is 7.21. The summed E-state index contributed by atoms with van der Waals surface area (Å²) >= 11 is 0. The Balaban J connectivity index is 1.76. The molecule has 1 saturated heterocycles. The Labute approximate surface area is 149 Å². The highest BCUT2D eigenvalue weighted by Crippen LogP contribution is 2.31. The van der Waals surface area contributed by atoms with Crippen LogP contribution in [-0.2, 0) is 11.2 Å². The van der Waals surface area contributed by atoms with Crippen molar-refractivity contribution in [2.24, 2.45) is 0 Å². The molecular weight excluding hydrogens is 312 g/mol. The smallest absolute Gasteiger partial charge is 0.227 e. The first-order valence-corrected chi connectivity index (χ1v) is 8.82. The van der Waals surface area contributed by atoms with Gasteiger partial charge in [0.25, 0.3) is 0 Å². The summed E-state index contributed by atoms with van der Waals surface area (Å²) in [5.41, 5.74) is 4.36. The van der Waals surface area contributed by atoms with Gasteiger partial charge in [-0.1, -0.05) is 23.8 Å². The molecule has 1 fully saturated rings. The number of aryl methyl sites for hydroxylation is 2. The number of carbonyl (C=O) groups excluding carboxylic acids is 1. The Bertz CT molecular complexity index is 755. The van der Waals surface area contributed by atoms with E-state index < -0.39 is 0 Å². The predicted octanol–water partition coefficient (Wildman–Crippen LogP) is 3.07. The summed E-state index contributed by atoms with van der Waals surface area (Å²) in [7, 11) is 3.89. The van der Waals surface area contributed by atoms with Crippen LogP contribution >= 0.6 is 0 Å². The van der Waals surface area contributed by atoms with E-state index in [-0.39, 0.29) is 11.9 Å². The number of anilines is 1. The molecule has 25 heavy (non-hydrogen) atoms. The molecule has 1 atom stereocenters. The quantitative estimate of drug-likeness (QED) is 0.860. The third-order valence-corrected chi connectivity index (χ3v) is 4.89. The van der Waals surface area contributed by atoms with Crippen LogP contribution in [0, 0.1) is 13.8 Å². The number of aromatic nitrogens is 2. The van der Waals surface area contributed by atoms with Gasteiger partial charge in [-0.3, -0.25) is 4.79 Å². The number of nitrogens with zero attached hydrogens (tertiary/aromatic N) is 4. The van der Waals surface area contributed by atoms with Gasteiger partial charge in [0.1, 0.15) is 0 Å². The number of carbonyl (C=O) groups is 1. The van der Waals surface area contributed by atoms with E-state index in [0.29, 0.717) is 6.42 Å². The number of hydrogen-bond acceptors (Lipinski definition) is 4. The molecule has 1 aliphatic rings. The van der Waals surface area contributed by atoms with E-state index in [4.69, 9.17) is 0 Å². The molecule has 2 heterocycles. The third-order valence-electron chi connectivity index (χ3n) is 4.89. The molecule has 1 aromatic carbocycles. The summed E-state index contributed by atoms with van der Waals surface area (Å²) in [6, 6.07) is 10.3. The van der Waals surface area contributed by atoms with Gasteiger partial charge in [-0.25, -0.2) is 0 Å². The van der Waals surface area contributed by atoms with Gasteiger partial charge in [-0.05, 0) is 49.9 Å². The standard InChI is InChI=1S/C20H26N4O/c1-14-7-8-15(2)16(12-14)13-20(25)24-11-5-6-18(24)17-9-10-19(22-21-17)23(3)4/h7-10,12,18H,5-6,11,13H2,1-4H3. The van der Waals surface area contributed by atoms with Crippen LogP contribution in [-0.4, -0.2) is 41.6 Å². The Morgan fingerprint density at radius 3 is 2.68 bits per heavy atom. The molecule has 1 amide bonds. The van der Waals surface area contributed by atoms with Gasteiger partial charge in [-0.2, -0.15) is 5.10 Å². The van der Waals surface area contributed by atoms with E-state index in [2.05, 4.69) is 42.2 Å². The Morgan fingerprint density at radius 2 is 2.00 bits per heavy atom. The lowest BCUT2D eigenvalue weighted by atomic mass is 10.0. The number of likely N-dealkylation sites (tertiary alicyclic amines) is 1. The van der Waals surface area contributed by atoms with Crippen molar-refractivity contribution in [3.63, 3.8) is 0 Å². The molecule has 0 spiro atoms. The summed E-state index contributed by atoms with van der Waals surface area (Å²) in [5, 5.41) is 8.63. The van der Waals surface area contributed by atoms with Crippen molar-refractivity contribution in [3.8, 4) is 0 Å². The van der Waals surface area contributed by atoms with E-state index >= 15 is 0 Å². The van der Waals surface area contributed by atoms with Crippen molar-refractivity contribution in [2.75, 3.05) is 25.5 Å². The van der Waals surface area contributed by atoms with Crippen LogP contribution in [0.5, 0.6) is 0 Å². The first kappa shape index (κ1) is 17.4. The van der Waals surface area contributed by atoms with Crippen LogP contribution in [0.1, 0.15) is 41.3 Å². The second-order valence-electron chi connectivity index (χ2n) is 7.06. The van der Waals surface area contributed by atoms with Crippen LogP contribution in [0.25, 0.3) is 0 Å². The van der Waals surface area contributed by atoms with E-state index in [9.17, 15) is 4.79 Å². The maximum absolute atomic E-state index is 12.9. The Hall–Kier alpha value is -2.43. The molecule has 0 N–H and O–H groups in total. The Kier molecular flexibility index (Phi) is 5.02. The molecule has 0 bridgehead atoms. The molecule has 1 aliphatic heterocycles. The second-order valence-corrected chi connectivity index (χ2v) is 7.06. The topological polar surface area (TPSA) is 49.3 Å². The minimum absolute atomic E-state index is 0.0429. The summed E-state index contributed by atoms with van der Waals surface area (Å²) in [6.07, 6.45) is 2.42. The molecule has 1 aromatic heterocycles. The first-order chi connectivity index (χ1) is 12.0. The van der Waals surface area contributed by atoms with E-state index in [0.717, 1.165) is 36.5 Å². The van der Waals surface area contributed by atoms with Crippen molar-refractivity contribution in [1.29, 1.82) is 0 Å². The fraction of sp³-hybridized carbons (Fsp3) is 0.450. The lowest BCUT2D eigenvalue weighted by Gasteiger charge is -2.25. The number of benzene rings is 1. The summed E-state index contributed by atoms with van der Waals surface area (Å²) in [6.45, 7) is 4.93. The highest BCUT2D eigenvalue weighted by atomic mass is 16.2. The molecule has 5 nitrogen and oxygen atoms in total. The van der Waals surface area contributed by atoms with Crippen molar-refractivity contribution in [3.05, 3.63) is 52.7 Å². The molecule has 132 valence electrons. The molecule has 5 heteroatoms. The van der Waals surface area contributed by atoms with E-state index in [1.807, 2.05) is 36.0 Å². The van der Waals surface area contributed by atoms with Crippen molar-refractivity contribution >= 4 is 11.7 Å². The minimum atomic E-state index is 0.0429. The minimum Gasteiger partial charge on any atom is -0.361 e. The van der Waals surface area contributed by atoms with Gasteiger partial charge in [0, 0.05) is 20.6 Å². The van der Waals surface area contributed by atoms with Crippen molar-refractivity contribution < 1.29 is 4.79 Å². The lowest BCUT2D eigenvalue weighted by Crippen LogP contribution is -2.32. The largest absolute Gasteiger partial charge is 0.361 e. The molecule has 0 radical (unpaired) electrons. The maximum atomic E-state index is 12.9. The summed E-state index contributed by atoms with van der Waals surface area (Å²) in [4.78, 5) is 16.8. The molecular formula is C20H26N4O. The molecule has 1 unspecified atom stereocenters. The SMILES string of the molecule is Cc1ccc(C)c(CC(=O)N2CCCC2c2ccc(N(C)C)nn2)c1. The van der Waals surface area contributed by atoms with Gasteiger partial charge >= 0.3 is 0 Å². The van der Waals surface area contributed by atoms with Crippen molar-refractivity contribution in [2.45, 2.75) is 39.2 Å². The third kappa shape index (κ3) is 3.81. The summed E-state index contributed by atoms with van der Waals surface area (Å²) < 4.78 is 0. The zero-order valence-corrected chi connectivity index (χ0v) is 15.5. The van der Waals surface area contributed by atoms with Crippen LogP contribution in [0.2, 0.25) is 0 Å². The van der Waals surface area contributed by atoms with Gasteiger partial charge in [0.2, 0.25) is 5.91 Å². The predicted molar refractivity (Wildman–Crippen MR) is 99.7 cm³/mol. The van der Waals surface area contributed by atoms with Gasteiger partial charge in [0.15, 0.2) is 5.82 Å². The monoisotopic (exact) mass is 338 g/mol. The highest BCUT2D eigenvalue weighted by Gasteiger charge is 2.31. The van der Waals surface area contributed by atoms with Crippen LogP contribution in [0.4, 0.5) is 5.82 Å². The fourth-order valence-corrected chi connectivity index (χ4v) is 3.38. The fourth-order valence-electron chi connectivity index (χ4n) is 3.38. The molecule has 2 aromatic rings. The first-order valence-electron chi connectivity index (χ1n) is 8.82. The average Bonchev–Trinajstić information content (AvgIpc) is 3.08. The van der Waals surface area contributed by atoms with E-state index in [1.165, 1.54) is 11.1 Å². The van der Waals surface area contributed by atoms with Gasteiger partial charge in [-0.15, -0.1) is 5.10 Å².